The van der Waals surface area contributed by atoms with E-state index in [2.05, 4.69) is 5.32 Å². The minimum Gasteiger partial charge on any atom is -0.352 e. The Bertz CT molecular complexity index is 1460. The van der Waals surface area contributed by atoms with Gasteiger partial charge in [0.25, 0.3) is 5.69 Å². The summed E-state index contributed by atoms with van der Waals surface area (Å²) in [4.78, 5) is 39.7. The minimum atomic E-state index is -4.03. The van der Waals surface area contributed by atoms with E-state index in [1.165, 1.54) is 23.1 Å². The maximum Gasteiger partial charge on any atom is 0.271 e. The van der Waals surface area contributed by atoms with Crippen LogP contribution < -0.4 is 9.62 Å². The normalized spacial score (nSPS) is 12.0. The first-order valence-electron chi connectivity index (χ1n) is 12.8. The number of rotatable bonds is 12. The van der Waals surface area contributed by atoms with E-state index in [-0.39, 0.29) is 36.3 Å². The molecule has 1 N–H and O–H groups in total. The van der Waals surface area contributed by atoms with Crippen LogP contribution in [0.15, 0.2) is 78.9 Å². The zero-order valence-electron chi connectivity index (χ0n) is 23.0. The summed E-state index contributed by atoms with van der Waals surface area (Å²) in [6.45, 7) is 4.94. The predicted octanol–water partition coefficient (Wildman–Crippen LogP) is 3.83. The zero-order valence-corrected chi connectivity index (χ0v) is 23.8. The van der Waals surface area contributed by atoms with Gasteiger partial charge >= 0.3 is 0 Å². The number of amides is 2. The van der Waals surface area contributed by atoms with Gasteiger partial charge in [0.1, 0.15) is 12.6 Å². The first kappa shape index (κ1) is 30.3. The van der Waals surface area contributed by atoms with Crippen LogP contribution in [0.1, 0.15) is 30.5 Å². The van der Waals surface area contributed by atoms with Gasteiger partial charge in [0.15, 0.2) is 0 Å². The molecule has 11 heteroatoms. The second-order valence-corrected chi connectivity index (χ2v) is 11.8. The predicted molar refractivity (Wildman–Crippen MR) is 154 cm³/mol. The number of nitro benzene ring substituents is 1. The Hall–Kier alpha value is -4.25. The van der Waals surface area contributed by atoms with Crippen LogP contribution in [0, 0.1) is 17.0 Å². The van der Waals surface area contributed by atoms with E-state index in [4.69, 9.17) is 0 Å². The molecule has 3 aromatic carbocycles. The van der Waals surface area contributed by atoms with E-state index < -0.39 is 33.4 Å². The molecule has 0 saturated heterocycles. The van der Waals surface area contributed by atoms with Crippen LogP contribution in [0.25, 0.3) is 0 Å². The van der Waals surface area contributed by atoms with Crippen molar-refractivity contribution in [1.29, 1.82) is 0 Å². The molecule has 0 unspecified atom stereocenters. The molecule has 40 heavy (non-hydrogen) atoms. The van der Waals surface area contributed by atoms with Gasteiger partial charge in [-0.25, -0.2) is 8.42 Å². The standard InChI is InChI=1S/C29H34N4O6S/c1-21(2)30-29(35)27(17-23-12-6-5-7-13-23)31(19-24-14-9-8-11-22(24)3)28(34)20-32(40(4,38)39)25-15-10-16-26(18-25)33(36)37/h5-16,18,21,27H,17,19-20H2,1-4H3,(H,30,35)/t27-/m1/s1. The number of nitrogens with one attached hydrogen (secondary N) is 1. The number of carbonyl (C=O) groups is 2. The van der Waals surface area contributed by atoms with Crippen molar-refractivity contribution in [1.82, 2.24) is 10.2 Å². The number of carbonyl (C=O) groups excluding carboxylic acids is 2. The molecule has 0 radical (unpaired) electrons. The first-order valence-corrected chi connectivity index (χ1v) is 14.6. The average molecular weight is 567 g/mol. The van der Waals surface area contributed by atoms with E-state index in [9.17, 15) is 28.1 Å². The third-order valence-electron chi connectivity index (χ3n) is 6.31. The van der Waals surface area contributed by atoms with Gasteiger partial charge in [0.2, 0.25) is 21.8 Å². The van der Waals surface area contributed by atoms with Crippen LogP contribution in [-0.4, -0.2) is 54.9 Å². The van der Waals surface area contributed by atoms with Crippen LogP contribution in [-0.2, 0) is 32.6 Å². The molecule has 0 aliphatic heterocycles. The summed E-state index contributed by atoms with van der Waals surface area (Å²) in [6.07, 6.45) is 1.13. The molecule has 0 aliphatic rings. The average Bonchev–Trinajstić information content (AvgIpc) is 2.89. The van der Waals surface area contributed by atoms with Crippen molar-refractivity contribution in [2.24, 2.45) is 0 Å². The highest BCUT2D eigenvalue weighted by Gasteiger charge is 2.33. The monoisotopic (exact) mass is 566 g/mol. The van der Waals surface area contributed by atoms with Crippen LogP contribution >= 0.6 is 0 Å². The Morgan fingerprint density at radius 3 is 2.23 bits per heavy atom. The lowest BCUT2D eigenvalue weighted by atomic mass is 10.0. The molecule has 3 rings (SSSR count). The second-order valence-electron chi connectivity index (χ2n) is 9.86. The van der Waals surface area contributed by atoms with Crippen molar-refractivity contribution in [3.05, 3.63) is 106 Å². The van der Waals surface area contributed by atoms with E-state index in [0.717, 1.165) is 33.3 Å². The highest BCUT2D eigenvalue weighted by atomic mass is 32.2. The molecule has 10 nitrogen and oxygen atoms in total. The molecule has 0 aromatic heterocycles. The lowest BCUT2D eigenvalue weighted by Gasteiger charge is -2.34. The number of non-ortho nitro benzene ring substituents is 1. The SMILES string of the molecule is Cc1ccccc1CN(C(=O)CN(c1cccc([N+](=O)[O-])c1)S(C)(=O)=O)[C@H](Cc1ccccc1)C(=O)NC(C)C. The number of anilines is 1. The van der Waals surface area contributed by atoms with Crippen LogP contribution in [0.3, 0.4) is 0 Å². The Balaban J connectivity index is 2.08. The highest BCUT2D eigenvalue weighted by molar-refractivity contribution is 7.92. The number of nitro groups is 1. The lowest BCUT2D eigenvalue weighted by molar-refractivity contribution is -0.384. The van der Waals surface area contributed by atoms with E-state index in [1.807, 2.05) is 75.4 Å². The van der Waals surface area contributed by atoms with E-state index in [1.54, 1.807) is 0 Å². The number of nitrogens with zero attached hydrogens (tertiary/aromatic N) is 3. The van der Waals surface area contributed by atoms with Crippen molar-refractivity contribution in [3.8, 4) is 0 Å². The van der Waals surface area contributed by atoms with Crippen molar-refractivity contribution < 1.29 is 22.9 Å². The highest BCUT2D eigenvalue weighted by Crippen LogP contribution is 2.24. The molecular formula is C29H34N4O6S. The number of sulfonamides is 1. The third kappa shape index (κ3) is 8.12. The Morgan fingerprint density at radius 2 is 1.62 bits per heavy atom. The van der Waals surface area contributed by atoms with Crippen LogP contribution in [0.4, 0.5) is 11.4 Å². The van der Waals surface area contributed by atoms with Crippen molar-refractivity contribution >= 4 is 33.2 Å². The topological polar surface area (TPSA) is 130 Å². The van der Waals surface area contributed by atoms with Crippen molar-refractivity contribution in [2.45, 2.75) is 45.8 Å². The fraction of sp³-hybridized carbons (Fsp3) is 0.310. The molecule has 0 saturated carbocycles. The van der Waals surface area contributed by atoms with Crippen molar-refractivity contribution in [2.75, 3.05) is 17.1 Å². The molecule has 0 fully saturated rings. The van der Waals surface area contributed by atoms with Gasteiger partial charge in [0.05, 0.1) is 16.9 Å². The molecule has 0 heterocycles. The van der Waals surface area contributed by atoms with E-state index in [0.29, 0.717) is 0 Å². The molecule has 0 spiro atoms. The Labute approximate surface area is 234 Å². The molecule has 212 valence electrons. The summed E-state index contributed by atoms with van der Waals surface area (Å²) in [5.41, 5.74) is 2.20. The van der Waals surface area contributed by atoms with Gasteiger partial charge in [-0.3, -0.25) is 24.0 Å². The fourth-order valence-electron chi connectivity index (χ4n) is 4.28. The summed E-state index contributed by atoms with van der Waals surface area (Å²) in [7, 11) is -4.03. The lowest BCUT2D eigenvalue weighted by Crippen LogP contribution is -2.54. The number of benzene rings is 3. The fourth-order valence-corrected chi connectivity index (χ4v) is 5.12. The number of hydrogen-bond donors (Lipinski definition) is 1. The smallest absolute Gasteiger partial charge is 0.271 e. The summed E-state index contributed by atoms with van der Waals surface area (Å²) in [6, 6.07) is 20.6. The second kappa shape index (κ2) is 13.2. The van der Waals surface area contributed by atoms with Crippen molar-refractivity contribution in [3.63, 3.8) is 0 Å². The molecule has 3 aromatic rings. The Kier molecular flexibility index (Phi) is 10.0. The summed E-state index contributed by atoms with van der Waals surface area (Å²) >= 11 is 0. The molecule has 0 bridgehead atoms. The molecule has 1 atom stereocenters. The molecule has 0 aliphatic carbocycles. The van der Waals surface area contributed by atoms with Gasteiger partial charge < -0.3 is 10.2 Å². The quantitative estimate of drug-likeness (QED) is 0.262. The first-order chi connectivity index (χ1) is 18.9. The van der Waals surface area contributed by atoms with Crippen LogP contribution in [0.2, 0.25) is 0 Å². The van der Waals surface area contributed by atoms with Gasteiger partial charge in [-0.2, -0.15) is 0 Å². The van der Waals surface area contributed by atoms with Gasteiger partial charge in [0, 0.05) is 31.1 Å². The molecule has 2 amide bonds. The number of aryl methyl sites for hydroxylation is 1. The maximum absolute atomic E-state index is 14.0. The maximum atomic E-state index is 14.0. The molecular weight excluding hydrogens is 532 g/mol. The van der Waals surface area contributed by atoms with Gasteiger partial charge in [-0.15, -0.1) is 0 Å². The van der Waals surface area contributed by atoms with E-state index >= 15 is 0 Å². The zero-order chi connectivity index (χ0) is 29.4. The van der Waals surface area contributed by atoms with Crippen LogP contribution in [0.5, 0.6) is 0 Å². The number of hydrogen-bond acceptors (Lipinski definition) is 6. The minimum absolute atomic E-state index is 0.0212. The summed E-state index contributed by atoms with van der Waals surface area (Å²) in [5, 5.41) is 14.2. The summed E-state index contributed by atoms with van der Waals surface area (Å²) in [5.74, 6) is -0.998. The van der Waals surface area contributed by atoms with Gasteiger partial charge in [-0.05, 0) is 43.5 Å². The third-order valence-corrected chi connectivity index (χ3v) is 7.45. The summed E-state index contributed by atoms with van der Waals surface area (Å²) < 4.78 is 26.5. The Morgan fingerprint density at radius 1 is 0.975 bits per heavy atom. The largest absolute Gasteiger partial charge is 0.352 e. The van der Waals surface area contributed by atoms with Gasteiger partial charge in [-0.1, -0.05) is 60.7 Å².